The van der Waals surface area contributed by atoms with E-state index in [1.165, 1.54) is 5.56 Å². The normalized spacial score (nSPS) is 17.3. The zero-order valence-corrected chi connectivity index (χ0v) is 10.9. The van der Waals surface area contributed by atoms with E-state index < -0.39 is 0 Å². The number of hydrogen-bond acceptors (Lipinski definition) is 1. The summed E-state index contributed by atoms with van der Waals surface area (Å²) in [6.45, 7) is 2.12. The molecule has 0 unspecified atom stereocenters. The van der Waals surface area contributed by atoms with E-state index in [1.54, 1.807) is 0 Å². The van der Waals surface area contributed by atoms with Crippen LogP contribution in [0.25, 0.3) is 6.08 Å². The van der Waals surface area contributed by atoms with Gasteiger partial charge in [0.15, 0.2) is 0 Å². The molecule has 1 saturated carbocycles. The van der Waals surface area contributed by atoms with Gasteiger partial charge in [-0.2, -0.15) is 5.26 Å². The topological polar surface area (TPSA) is 23.8 Å². The van der Waals surface area contributed by atoms with Gasteiger partial charge in [0.2, 0.25) is 0 Å². The predicted octanol–water partition coefficient (Wildman–Crippen LogP) is 4.43. The lowest BCUT2D eigenvalue weighted by molar-refractivity contribution is 0.906. The summed E-state index contributed by atoms with van der Waals surface area (Å²) in [5.41, 5.74) is 2.13. The summed E-state index contributed by atoms with van der Waals surface area (Å²) >= 11 is 3.51. The largest absolute Gasteiger partial charge is 0.197 e. The number of benzene rings is 1. The van der Waals surface area contributed by atoms with Crippen LogP contribution in [0.4, 0.5) is 0 Å². The second kappa shape index (κ2) is 4.43. The average Bonchev–Trinajstić information content (AvgIpc) is 3.06. The van der Waals surface area contributed by atoms with Gasteiger partial charge in [-0.3, -0.25) is 0 Å². The Hall–Kier alpha value is -1.07. The molecule has 0 atom stereocenters. The first-order chi connectivity index (χ1) is 7.70. The van der Waals surface area contributed by atoms with Crippen molar-refractivity contribution in [2.24, 2.45) is 0 Å². The Kier molecular flexibility index (Phi) is 3.16. The molecule has 1 fully saturated rings. The zero-order valence-electron chi connectivity index (χ0n) is 9.33. The molecule has 1 aliphatic carbocycles. The Labute approximate surface area is 105 Å². The van der Waals surface area contributed by atoms with Gasteiger partial charge in [0.25, 0.3) is 0 Å². The van der Waals surface area contributed by atoms with Crippen molar-refractivity contribution in [2.45, 2.75) is 31.6 Å². The number of hydrogen-bond donors (Lipinski definition) is 0. The van der Waals surface area contributed by atoms with E-state index in [0.717, 1.165) is 29.3 Å². The Balaban J connectivity index is 2.37. The van der Waals surface area contributed by atoms with Crippen LogP contribution in [-0.2, 0) is 5.41 Å². The summed E-state index contributed by atoms with van der Waals surface area (Å²) in [5, 5.41) is 9.18. The molecule has 1 aliphatic rings. The Morgan fingerprint density at radius 2 is 2.19 bits per heavy atom. The molecule has 16 heavy (non-hydrogen) atoms. The molecule has 0 saturated heterocycles. The monoisotopic (exact) mass is 275 g/mol. The van der Waals surface area contributed by atoms with Crippen LogP contribution in [0.15, 0.2) is 28.7 Å². The van der Waals surface area contributed by atoms with E-state index in [-0.39, 0.29) is 5.41 Å². The molecule has 0 heterocycles. The predicted molar refractivity (Wildman–Crippen MR) is 70.0 cm³/mol. The molecular formula is C14H14BrN. The summed E-state index contributed by atoms with van der Waals surface area (Å²) < 4.78 is 1.06. The van der Waals surface area contributed by atoms with E-state index in [1.807, 2.05) is 0 Å². The van der Waals surface area contributed by atoms with E-state index in [0.29, 0.717) is 0 Å². The van der Waals surface area contributed by atoms with Gasteiger partial charge in [-0.25, -0.2) is 0 Å². The van der Waals surface area contributed by atoms with Gasteiger partial charge in [-0.15, -0.1) is 0 Å². The van der Waals surface area contributed by atoms with E-state index in [2.05, 4.69) is 59.3 Å². The molecular weight excluding hydrogens is 262 g/mol. The highest BCUT2D eigenvalue weighted by atomic mass is 79.9. The first-order valence-electron chi connectivity index (χ1n) is 5.59. The minimum absolute atomic E-state index is 0.196. The fourth-order valence-corrected chi connectivity index (χ4v) is 2.34. The molecule has 82 valence electrons. The van der Waals surface area contributed by atoms with E-state index >= 15 is 0 Å². The van der Waals surface area contributed by atoms with Crippen LogP contribution < -0.4 is 0 Å². The maximum atomic E-state index is 9.18. The van der Waals surface area contributed by atoms with Gasteiger partial charge >= 0.3 is 0 Å². The van der Waals surface area contributed by atoms with Crippen molar-refractivity contribution in [1.82, 2.24) is 0 Å². The fourth-order valence-electron chi connectivity index (χ4n) is 1.83. The number of nitriles is 1. The molecule has 0 radical (unpaired) electrons. The van der Waals surface area contributed by atoms with Crippen LogP contribution in [0.1, 0.15) is 37.3 Å². The summed E-state index contributed by atoms with van der Waals surface area (Å²) in [6.07, 6.45) is 7.28. The summed E-state index contributed by atoms with van der Waals surface area (Å²) in [7, 11) is 0. The number of allylic oxidation sites excluding steroid dienone is 1. The summed E-state index contributed by atoms with van der Waals surface area (Å²) in [6, 6.07) is 8.72. The van der Waals surface area contributed by atoms with Gasteiger partial charge < -0.3 is 0 Å². The van der Waals surface area contributed by atoms with Crippen molar-refractivity contribution < 1.29 is 0 Å². The van der Waals surface area contributed by atoms with Crippen LogP contribution in [-0.4, -0.2) is 0 Å². The lowest BCUT2D eigenvalue weighted by atomic mass is 9.96. The van der Waals surface area contributed by atoms with E-state index in [4.69, 9.17) is 0 Å². The van der Waals surface area contributed by atoms with Crippen LogP contribution in [0.2, 0.25) is 0 Å². The first kappa shape index (κ1) is 11.4. The molecule has 0 aromatic heterocycles. The Morgan fingerprint density at radius 1 is 1.44 bits per heavy atom. The highest BCUT2D eigenvalue weighted by Gasteiger charge is 2.45. The zero-order chi connectivity index (χ0) is 11.6. The molecule has 0 bridgehead atoms. The highest BCUT2D eigenvalue weighted by Crippen LogP contribution is 2.48. The van der Waals surface area contributed by atoms with Crippen molar-refractivity contribution in [3.05, 3.63) is 39.9 Å². The van der Waals surface area contributed by atoms with Gasteiger partial charge in [-0.1, -0.05) is 41.1 Å². The van der Waals surface area contributed by atoms with Crippen molar-refractivity contribution in [3.63, 3.8) is 0 Å². The SMILES string of the molecule is CC/C=C/c1cc(Br)cc(C2(C#N)CC2)c1. The maximum Gasteiger partial charge on any atom is 0.0824 e. The molecule has 1 nitrogen and oxygen atoms in total. The van der Waals surface area contributed by atoms with E-state index in [9.17, 15) is 5.26 Å². The number of nitrogens with zero attached hydrogens (tertiary/aromatic N) is 1. The molecule has 0 spiro atoms. The molecule has 1 aromatic carbocycles. The highest BCUT2D eigenvalue weighted by molar-refractivity contribution is 9.10. The molecule has 1 aromatic rings. The lowest BCUT2D eigenvalue weighted by Gasteiger charge is -2.08. The minimum atomic E-state index is -0.196. The molecule has 0 amide bonds. The van der Waals surface area contributed by atoms with Crippen molar-refractivity contribution in [1.29, 1.82) is 5.26 Å². The maximum absolute atomic E-state index is 9.18. The minimum Gasteiger partial charge on any atom is -0.197 e. The quantitative estimate of drug-likeness (QED) is 0.801. The third-order valence-corrected chi connectivity index (χ3v) is 3.44. The Bertz CT molecular complexity index is 464. The molecule has 2 rings (SSSR count). The third kappa shape index (κ3) is 2.20. The van der Waals surface area contributed by atoms with Crippen LogP contribution in [0.5, 0.6) is 0 Å². The van der Waals surface area contributed by atoms with Gasteiger partial charge in [-0.05, 0) is 42.5 Å². The van der Waals surface area contributed by atoms with Gasteiger partial charge in [0, 0.05) is 4.47 Å². The van der Waals surface area contributed by atoms with Crippen LogP contribution in [0, 0.1) is 11.3 Å². The lowest BCUT2D eigenvalue weighted by Crippen LogP contribution is -2.02. The summed E-state index contributed by atoms with van der Waals surface area (Å²) in [5.74, 6) is 0. The smallest absolute Gasteiger partial charge is 0.0824 e. The van der Waals surface area contributed by atoms with Gasteiger partial charge in [0.1, 0.15) is 0 Å². The second-order valence-electron chi connectivity index (χ2n) is 4.28. The van der Waals surface area contributed by atoms with Crippen molar-refractivity contribution >= 4 is 22.0 Å². The van der Waals surface area contributed by atoms with Crippen molar-refractivity contribution in [2.75, 3.05) is 0 Å². The number of halogens is 1. The van der Waals surface area contributed by atoms with Crippen LogP contribution in [0.3, 0.4) is 0 Å². The first-order valence-corrected chi connectivity index (χ1v) is 6.38. The Morgan fingerprint density at radius 3 is 2.75 bits per heavy atom. The third-order valence-electron chi connectivity index (χ3n) is 2.98. The summed E-state index contributed by atoms with van der Waals surface area (Å²) in [4.78, 5) is 0. The van der Waals surface area contributed by atoms with Crippen LogP contribution >= 0.6 is 15.9 Å². The van der Waals surface area contributed by atoms with Gasteiger partial charge in [0.05, 0.1) is 11.5 Å². The van der Waals surface area contributed by atoms with Crippen molar-refractivity contribution in [3.8, 4) is 6.07 Å². The standard InChI is InChI=1S/C14H14BrN/c1-2-3-4-11-7-12(9-13(15)8-11)14(10-16)5-6-14/h3-4,7-9H,2,5-6H2,1H3/b4-3+. The fraction of sp³-hybridized carbons (Fsp3) is 0.357. The molecule has 2 heteroatoms. The average molecular weight is 276 g/mol. The molecule has 0 N–H and O–H groups in total. The number of rotatable bonds is 3. The second-order valence-corrected chi connectivity index (χ2v) is 5.19. The molecule has 0 aliphatic heterocycles.